The van der Waals surface area contributed by atoms with Gasteiger partial charge in [0.1, 0.15) is 0 Å². The average molecular weight is 684 g/mol. The van der Waals surface area contributed by atoms with Crippen molar-refractivity contribution in [2.24, 2.45) is 29.1 Å². The molecule has 11 heteroatoms. The van der Waals surface area contributed by atoms with Crippen LogP contribution < -0.4 is 10.0 Å². The first-order valence-corrected chi connectivity index (χ1v) is 19.6. The molecule has 2 N–H and O–H groups in total. The van der Waals surface area contributed by atoms with Crippen molar-refractivity contribution in [3.05, 3.63) is 53.6 Å². The summed E-state index contributed by atoms with van der Waals surface area (Å²) in [4.78, 5) is 13.3. The van der Waals surface area contributed by atoms with Gasteiger partial charge < -0.3 is 5.32 Å². The van der Waals surface area contributed by atoms with Crippen molar-refractivity contribution in [2.45, 2.75) is 94.7 Å². The number of nitrogens with one attached hydrogen (secondary N) is 2. The number of thioether (sulfide) groups is 1. The van der Waals surface area contributed by atoms with Crippen molar-refractivity contribution >= 4 is 45.0 Å². The highest BCUT2D eigenvalue weighted by Crippen LogP contribution is 2.59. The molecule has 3 aromatic rings. The van der Waals surface area contributed by atoms with Crippen LogP contribution in [0.15, 0.2) is 58.6 Å². The third kappa shape index (κ3) is 7.60. The third-order valence-corrected chi connectivity index (χ3v) is 12.8. The fourth-order valence-corrected chi connectivity index (χ4v) is 10.7. The van der Waals surface area contributed by atoms with E-state index in [1.165, 1.54) is 50.3 Å². The number of benzene rings is 2. The summed E-state index contributed by atoms with van der Waals surface area (Å²) >= 11 is 7.63. The van der Waals surface area contributed by atoms with Crippen LogP contribution in [0.1, 0.15) is 84.6 Å². The quantitative estimate of drug-likeness (QED) is 0.166. The van der Waals surface area contributed by atoms with Crippen molar-refractivity contribution in [1.82, 2.24) is 20.1 Å². The Morgan fingerprint density at radius 2 is 1.70 bits per heavy atom. The first-order valence-electron chi connectivity index (χ1n) is 16.7. The van der Waals surface area contributed by atoms with E-state index in [0.717, 1.165) is 43.6 Å². The Morgan fingerprint density at radius 1 is 1.00 bits per heavy atom. The van der Waals surface area contributed by atoms with E-state index in [1.807, 2.05) is 6.07 Å². The fourth-order valence-electron chi connectivity index (χ4n) is 8.44. The van der Waals surface area contributed by atoms with Gasteiger partial charge in [-0.05, 0) is 105 Å². The minimum absolute atomic E-state index is 0.0306. The van der Waals surface area contributed by atoms with Gasteiger partial charge in [0, 0.05) is 18.2 Å². The van der Waals surface area contributed by atoms with Gasteiger partial charge >= 0.3 is 0 Å². The van der Waals surface area contributed by atoms with Crippen molar-refractivity contribution in [3.63, 3.8) is 0 Å². The second-order valence-electron chi connectivity index (χ2n) is 14.4. The summed E-state index contributed by atoms with van der Waals surface area (Å²) in [6.07, 6.45) is 11.0. The van der Waals surface area contributed by atoms with Crippen LogP contribution in [-0.4, -0.2) is 41.4 Å². The molecule has 0 saturated heterocycles. The van der Waals surface area contributed by atoms with Gasteiger partial charge in [-0.3, -0.25) is 14.1 Å². The lowest BCUT2D eigenvalue weighted by molar-refractivity contribution is -0.120. The molecule has 248 valence electrons. The molecule has 7 rings (SSSR count). The predicted molar refractivity (Wildman–Crippen MR) is 185 cm³/mol. The van der Waals surface area contributed by atoms with Gasteiger partial charge in [0.25, 0.3) is 10.0 Å². The van der Waals surface area contributed by atoms with Crippen LogP contribution in [0.2, 0.25) is 5.02 Å². The number of para-hydroxylation sites is 1. The van der Waals surface area contributed by atoms with Crippen LogP contribution in [0.5, 0.6) is 0 Å². The van der Waals surface area contributed by atoms with Crippen LogP contribution >= 0.6 is 23.4 Å². The molecule has 4 bridgehead atoms. The number of amides is 1. The molecule has 4 fully saturated rings. The number of nitrogens with zero attached hydrogens (tertiary/aromatic N) is 3. The van der Waals surface area contributed by atoms with E-state index in [1.54, 1.807) is 42.5 Å². The predicted octanol–water partition coefficient (Wildman–Crippen LogP) is 8.21. The van der Waals surface area contributed by atoms with Crippen molar-refractivity contribution < 1.29 is 13.2 Å². The number of sulfonamides is 1. The second-order valence-corrected chi connectivity index (χ2v) is 17.5. The van der Waals surface area contributed by atoms with Crippen LogP contribution in [-0.2, 0) is 14.8 Å². The highest BCUT2D eigenvalue weighted by molar-refractivity contribution is 7.99. The lowest BCUT2D eigenvalue weighted by Crippen LogP contribution is -2.51. The normalized spacial score (nSPS) is 24.3. The molecule has 4 aliphatic rings. The third-order valence-electron chi connectivity index (χ3n) is 10.2. The summed E-state index contributed by atoms with van der Waals surface area (Å²) in [5, 5.41) is 13.4. The molecule has 0 unspecified atom stereocenters. The van der Waals surface area contributed by atoms with E-state index < -0.39 is 10.0 Å². The molecule has 1 amide bonds. The second kappa shape index (κ2) is 13.9. The van der Waals surface area contributed by atoms with E-state index in [0.29, 0.717) is 38.6 Å². The molecule has 46 heavy (non-hydrogen) atoms. The Hall–Kier alpha value is -2.56. The zero-order valence-electron chi connectivity index (χ0n) is 27.0. The van der Waals surface area contributed by atoms with E-state index in [4.69, 9.17) is 11.6 Å². The van der Waals surface area contributed by atoms with Gasteiger partial charge in [-0.25, -0.2) is 8.42 Å². The molecule has 2 aromatic carbocycles. The summed E-state index contributed by atoms with van der Waals surface area (Å²) in [7, 11) is -3.91. The lowest BCUT2D eigenvalue weighted by atomic mass is 9.49. The largest absolute Gasteiger partial charge is 0.355 e. The number of carbonyl (C=O) groups is 1. The van der Waals surface area contributed by atoms with Gasteiger partial charge in [0.05, 0.1) is 21.4 Å². The first kappa shape index (κ1) is 33.3. The number of hydrogen-bond acceptors (Lipinski definition) is 6. The molecule has 0 radical (unpaired) electrons. The van der Waals surface area contributed by atoms with E-state index in [-0.39, 0.29) is 22.6 Å². The summed E-state index contributed by atoms with van der Waals surface area (Å²) in [6.45, 7) is 7.37. The van der Waals surface area contributed by atoms with Crippen LogP contribution in [0.3, 0.4) is 0 Å². The number of anilines is 1. The molecular weight excluding hydrogens is 638 g/mol. The van der Waals surface area contributed by atoms with Crippen molar-refractivity contribution in [2.75, 3.05) is 17.0 Å². The summed E-state index contributed by atoms with van der Waals surface area (Å²) in [6, 6.07) is 13.5. The maximum atomic E-state index is 13.3. The summed E-state index contributed by atoms with van der Waals surface area (Å²) in [5.74, 6) is 4.04. The number of aromatic nitrogens is 3. The first-order chi connectivity index (χ1) is 22.0. The zero-order chi connectivity index (χ0) is 32.5. The number of rotatable bonds is 14. The molecule has 1 heterocycles. The standard InChI is InChI=1S/C35H46ClN5O3S2/c1-23(2)8-6-9-24(3)41-33(28-10-7-11-29(17-28)46(43,44)40-31-13-5-4-12-30(31)36)38-39-34(41)45-21-32(42)37-22-35-18-25-14-26(19-35)16-27(15-25)20-35/h4-5,7,10-13,17,23-27,40H,6,8-9,14-16,18-22H2,1-3H3,(H,37,42)/t24-,25?,26?,27?,35?/m1/s1. The van der Waals surface area contributed by atoms with Gasteiger partial charge in [-0.2, -0.15) is 0 Å². The van der Waals surface area contributed by atoms with Crippen LogP contribution in [0, 0.1) is 29.1 Å². The Kier molecular flexibility index (Phi) is 10.1. The minimum Gasteiger partial charge on any atom is -0.355 e. The Bertz CT molecular complexity index is 1620. The van der Waals surface area contributed by atoms with Crippen LogP contribution in [0.4, 0.5) is 5.69 Å². The molecule has 1 aromatic heterocycles. The molecule has 0 aliphatic heterocycles. The molecule has 0 spiro atoms. The summed E-state index contributed by atoms with van der Waals surface area (Å²) in [5.41, 5.74) is 1.25. The molecule has 1 atom stereocenters. The average Bonchev–Trinajstić information content (AvgIpc) is 3.43. The number of halogens is 1. The molecule has 4 aliphatic carbocycles. The topological polar surface area (TPSA) is 106 Å². The Morgan fingerprint density at radius 3 is 2.37 bits per heavy atom. The highest BCUT2D eigenvalue weighted by atomic mass is 35.5. The minimum atomic E-state index is -3.91. The maximum Gasteiger partial charge on any atom is 0.261 e. The van der Waals surface area contributed by atoms with Crippen molar-refractivity contribution in [3.8, 4) is 11.4 Å². The number of hydrogen-bond donors (Lipinski definition) is 2. The Labute approximate surface area is 282 Å². The lowest BCUT2D eigenvalue weighted by Gasteiger charge is -2.56. The highest BCUT2D eigenvalue weighted by Gasteiger charge is 2.50. The van der Waals surface area contributed by atoms with Gasteiger partial charge in [0.2, 0.25) is 5.91 Å². The van der Waals surface area contributed by atoms with Gasteiger partial charge in [-0.15, -0.1) is 10.2 Å². The number of carbonyl (C=O) groups excluding carboxylic acids is 1. The maximum absolute atomic E-state index is 13.3. The SMILES string of the molecule is CC(C)CCC[C@@H](C)n1c(SCC(=O)NCC23CC4CC(CC(C4)C2)C3)nnc1-c1cccc(S(=O)(=O)Nc2ccccc2Cl)c1. The fraction of sp³-hybridized carbons (Fsp3) is 0.571. The van der Waals surface area contributed by atoms with Gasteiger partial charge in [-0.1, -0.05) is 74.3 Å². The Balaban J connectivity index is 1.18. The van der Waals surface area contributed by atoms with Crippen LogP contribution in [0.25, 0.3) is 11.4 Å². The van der Waals surface area contributed by atoms with Crippen molar-refractivity contribution in [1.29, 1.82) is 0 Å². The monoisotopic (exact) mass is 683 g/mol. The summed E-state index contributed by atoms with van der Waals surface area (Å²) < 4.78 is 31.4. The zero-order valence-corrected chi connectivity index (χ0v) is 29.4. The van der Waals surface area contributed by atoms with E-state index in [2.05, 4.69) is 45.6 Å². The molecule has 8 nitrogen and oxygen atoms in total. The van der Waals surface area contributed by atoms with E-state index >= 15 is 0 Å². The van der Waals surface area contributed by atoms with Gasteiger partial charge in [0.15, 0.2) is 11.0 Å². The van der Waals surface area contributed by atoms with E-state index in [9.17, 15) is 13.2 Å². The molecular formula is C35H46ClN5O3S2. The molecule has 4 saturated carbocycles. The smallest absolute Gasteiger partial charge is 0.261 e.